The molecule has 0 bridgehead atoms. The molecule has 5 nitrogen and oxygen atoms in total. The number of nitrogens with zero attached hydrogens (tertiary/aromatic N) is 3. The third-order valence-electron chi connectivity index (χ3n) is 2.15. The maximum Gasteiger partial charge on any atom is 0.243 e. The monoisotopic (exact) mass is 260 g/mol. The van der Waals surface area contributed by atoms with Crippen LogP contribution in [0.15, 0.2) is 30.5 Å². The number of rotatable bonds is 3. The summed E-state index contributed by atoms with van der Waals surface area (Å²) in [6.45, 7) is 0. The van der Waals surface area contributed by atoms with Crippen LogP contribution in [0.2, 0.25) is 5.02 Å². The maximum atomic E-state index is 8.96. The summed E-state index contributed by atoms with van der Waals surface area (Å²) in [4.78, 5) is 8.02. The summed E-state index contributed by atoms with van der Waals surface area (Å²) >= 11 is 5.94. The smallest absolute Gasteiger partial charge is 0.243 e. The molecule has 2 aromatic rings. The number of ether oxygens (including phenoxy) is 1. The molecule has 1 heterocycles. The van der Waals surface area contributed by atoms with E-state index >= 15 is 0 Å². The predicted octanol–water partition coefficient (Wildman–Crippen LogP) is 2.84. The number of benzene rings is 1. The minimum atomic E-state index is 0.207. The van der Waals surface area contributed by atoms with Crippen LogP contribution in [0.1, 0.15) is 5.56 Å². The van der Waals surface area contributed by atoms with Gasteiger partial charge in [-0.1, -0.05) is 23.7 Å². The minimum Gasteiger partial charge on any atom is -0.436 e. The highest BCUT2D eigenvalue weighted by molar-refractivity contribution is 6.31. The van der Waals surface area contributed by atoms with Gasteiger partial charge in [0.1, 0.15) is 16.8 Å². The Labute approximate surface area is 109 Å². The Morgan fingerprint density at radius 1 is 1.39 bits per heavy atom. The molecule has 0 amide bonds. The number of halogens is 1. The summed E-state index contributed by atoms with van der Waals surface area (Å²) in [5, 5.41) is 12.0. The van der Waals surface area contributed by atoms with Crippen molar-refractivity contribution in [2.45, 2.75) is 0 Å². The number of hydrogen-bond donors (Lipinski definition) is 1. The molecule has 0 fully saturated rings. The van der Waals surface area contributed by atoms with Gasteiger partial charge in [-0.3, -0.25) is 0 Å². The number of hydrogen-bond acceptors (Lipinski definition) is 5. The van der Waals surface area contributed by atoms with Gasteiger partial charge in [-0.15, -0.1) is 0 Å². The molecule has 1 aromatic heterocycles. The van der Waals surface area contributed by atoms with Crippen LogP contribution in [0, 0.1) is 11.3 Å². The second-order valence-corrected chi connectivity index (χ2v) is 3.71. The molecule has 18 heavy (non-hydrogen) atoms. The zero-order valence-corrected chi connectivity index (χ0v) is 10.3. The van der Waals surface area contributed by atoms with Crippen LogP contribution >= 0.6 is 11.6 Å². The summed E-state index contributed by atoms with van der Waals surface area (Å²) in [7, 11) is 1.69. The van der Waals surface area contributed by atoms with E-state index in [-0.39, 0.29) is 10.9 Å². The van der Waals surface area contributed by atoms with E-state index in [0.29, 0.717) is 17.3 Å². The highest BCUT2D eigenvalue weighted by Gasteiger charge is 2.09. The molecule has 0 atom stereocenters. The van der Waals surface area contributed by atoms with Crippen molar-refractivity contribution in [3.05, 3.63) is 41.0 Å². The first-order chi connectivity index (χ1) is 8.74. The van der Waals surface area contributed by atoms with Crippen LogP contribution in [0.3, 0.4) is 0 Å². The Balaban J connectivity index is 2.37. The largest absolute Gasteiger partial charge is 0.436 e. The fourth-order valence-corrected chi connectivity index (χ4v) is 1.43. The highest BCUT2D eigenvalue weighted by atomic mass is 35.5. The predicted molar refractivity (Wildman–Crippen MR) is 67.8 cm³/mol. The van der Waals surface area contributed by atoms with Gasteiger partial charge in [-0.2, -0.15) is 10.2 Å². The SMILES string of the molecule is CNc1ncc(Cl)c(Oc2ccccc2C#N)n1. The zero-order chi connectivity index (χ0) is 13.0. The fourth-order valence-electron chi connectivity index (χ4n) is 1.30. The molecule has 6 heteroatoms. The fraction of sp³-hybridized carbons (Fsp3) is 0.0833. The summed E-state index contributed by atoms with van der Waals surface area (Å²) in [6, 6.07) is 8.89. The van der Waals surface area contributed by atoms with Gasteiger partial charge in [0.05, 0.1) is 11.8 Å². The lowest BCUT2D eigenvalue weighted by Crippen LogP contribution is -1.99. The first-order valence-electron chi connectivity index (χ1n) is 5.12. The summed E-state index contributed by atoms with van der Waals surface area (Å²) in [5.41, 5.74) is 0.415. The first kappa shape index (κ1) is 12.1. The lowest BCUT2D eigenvalue weighted by atomic mass is 10.2. The van der Waals surface area contributed by atoms with Crippen LogP contribution in [-0.4, -0.2) is 17.0 Å². The molecule has 90 valence electrons. The summed E-state index contributed by atoms with van der Waals surface area (Å²) in [5.74, 6) is 1.00. The standard InChI is InChI=1S/C12H9ClN4O/c1-15-12-16-7-9(13)11(17-12)18-10-5-3-2-4-8(10)6-14/h2-5,7H,1H3,(H,15,16,17). The number of nitriles is 1. The van der Waals surface area contributed by atoms with E-state index in [9.17, 15) is 0 Å². The van der Waals surface area contributed by atoms with Gasteiger partial charge in [0.2, 0.25) is 11.8 Å². The van der Waals surface area contributed by atoms with E-state index in [1.165, 1.54) is 6.20 Å². The van der Waals surface area contributed by atoms with Crippen LogP contribution in [-0.2, 0) is 0 Å². The van der Waals surface area contributed by atoms with Crippen LogP contribution in [0.5, 0.6) is 11.6 Å². The van der Waals surface area contributed by atoms with Crippen molar-refractivity contribution in [2.24, 2.45) is 0 Å². The van der Waals surface area contributed by atoms with Gasteiger partial charge in [-0.05, 0) is 12.1 Å². The quantitative estimate of drug-likeness (QED) is 0.919. The van der Waals surface area contributed by atoms with Gasteiger partial charge in [0.15, 0.2) is 0 Å². The van der Waals surface area contributed by atoms with Crippen molar-refractivity contribution >= 4 is 17.5 Å². The molecular weight excluding hydrogens is 252 g/mol. The van der Waals surface area contributed by atoms with Gasteiger partial charge < -0.3 is 10.1 Å². The maximum absolute atomic E-state index is 8.96. The Morgan fingerprint density at radius 3 is 2.89 bits per heavy atom. The normalized spacial score (nSPS) is 9.61. The van der Waals surface area contributed by atoms with E-state index in [1.54, 1.807) is 31.3 Å². The minimum absolute atomic E-state index is 0.207. The Bertz CT molecular complexity index is 609. The first-order valence-corrected chi connectivity index (χ1v) is 5.49. The zero-order valence-electron chi connectivity index (χ0n) is 9.51. The van der Waals surface area contributed by atoms with Gasteiger partial charge >= 0.3 is 0 Å². The van der Waals surface area contributed by atoms with Crippen LogP contribution in [0.4, 0.5) is 5.95 Å². The summed E-state index contributed by atoms with van der Waals surface area (Å²) < 4.78 is 5.53. The van der Waals surface area contributed by atoms with E-state index in [4.69, 9.17) is 21.6 Å². The number of nitrogens with one attached hydrogen (secondary N) is 1. The van der Waals surface area contributed by atoms with Crippen molar-refractivity contribution in [1.82, 2.24) is 9.97 Å². The van der Waals surface area contributed by atoms with Crippen LogP contribution in [0.25, 0.3) is 0 Å². The molecule has 0 saturated heterocycles. The second-order valence-electron chi connectivity index (χ2n) is 3.31. The molecule has 0 radical (unpaired) electrons. The van der Waals surface area contributed by atoms with E-state index in [0.717, 1.165) is 0 Å². The Morgan fingerprint density at radius 2 is 2.17 bits per heavy atom. The molecule has 0 aliphatic rings. The molecule has 2 rings (SSSR count). The average molecular weight is 261 g/mol. The van der Waals surface area contributed by atoms with Gasteiger partial charge in [0, 0.05) is 7.05 Å². The van der Waals surface area contributed by atoms with Crippen molar-refractivity contribution in [2.75, 3.05) is 12.4 Å². The van der Waals surface area contributed by atoms with Gasteiger partial charge in [0.25, 0.3) is 0 Å². The lowest BCUT2D eigenvalue weighted by Gasteiger charge is -2.08. The molecule has 1 aromatic carbocycles. The molecule has 0 spiro atoms. The number of aromatic nitrogens is 2. The summed E-state index contributed by atoms with van der Waals surface area (Å²) in [6.07, 6.45) is 1.44. The van der Waals surface area contributed by atoms with Gasteiger partial charge in [-0.25, -0.2) is 4.98 Å². The lowest BCUT2D eigenvalue weighted by molar-refractivity contribution is 0.461. The molecular formula is C12H9ClN4O. The third-order valence-corrected chi connectivity index (χ3v) is 2.41. The molecule has 1 N–H and O–H groups in total. The van der Waals surface area contributed by atoms with E-state index < -0.39 is 0 Å². The van der Waals surface area contributed by atoms with Crippen molar-refractivity contribution in [3.8, 4) is 17.7 Å². The second kappa shape index (κ2) is 5.34. The third kappa shape index (κ3) is 2.50. The molecule has 0 saturated carbocycles. The number of anilines is 1. The van der Waals surface area contributed by atoms with E-state index in [2.05, 4.69) is 15.3 Å². The van der Waals surface area contributed by atoms with E-state index in [1.807, 2.05) is 6.07 Å². The number of para-hydroxylation sites is 1. The Kier molecular flexibility index (Phi) is 3.60. The molecule has 0 unspecified atom stereocenters. The topological polar surface area (TPSA) is 70.8 Å². The average Bonchev–Trinajstić information content (AvgIpc) is 2.42. The van der Waals surface area contributed by atoms with Crippen molar-refractivity contribution in [3.63, 3.8) is 0 Å². The highest BCUT2D eigenvalue weighted by Crippen LogP contribution is 2.29. The van der Waals surface area contributed by atoms with Crippen LogP contribution < -0.4 is 10.1 Å². The molecule has 0 aliphatic heterocycles. The van der Waals surface area contributed by atoms with Crippen molar-refractivity contribution in [1.29, 1.82) is 5.26 Å². The molecule has 0 aliphatic carbocycles. The Hall–Kier alpha value is -2.32. The van der Waals surface area contributed by atoms with Crippen molar-refractivity contribution < 1.29 is 4.74 Å².